The van der Waals surface area contributed by atoms with E-state index in [0.717, 1.165) is 16.5 Å². The van der Waals surface area contributed by atoms with Crippen molar-refractivity contribution in [1.29, 1.82) is 5.26 Å². The highest BCUT2D eigenvalue weighted by Crippen LogP contribution is 2.28. The Balaban J connectivity index is 0.000000196. The van der Waals surface area contributed by atoms with Crippen LogP contribution < -0.4 is 5.56 Å². The predicted octanol–water partition coefficient (Wildman–Crippen LogP) is 5.22. The highest BCUT2D eigenvalue weighted by Gasteiger charge is 2.17. The van der Waals surface area contributed by atoms with Crippen molar-refractivity contribution in [2.45, 2.75) is 6.92 Å². The summed E-state index contributed by atoms with van der Waals surface area (Å²) in [6.07, 6.45) is 0. The van der Waals surface area contributed by atoms with E-state index in [1.54, 1.807) is 6.07 Å². The number of aromatic carboxylic acids is 2. The average Bonchev–Trinajstić information content (AvgIpc) is 2.79. The number of aromatic amines is 1. The molecule has 3 aromatic carbocycles. The molecule has 4 rings (SSSR count). The molecular weight excluding hydrogens is 488 g/mol. The van der Waals surface area contributed by atoms with Crippen molar-refractivity contribution in [3.63, 3.8) is 0 Å². The number of fused-ring (bicyclic) bond motifs is 1. The van der Waals surface area contributed by atoms with Crippen molar-refractivity contribution in [3.8, 4) is 17.2 Å². The minimum atomic E-state index is -1.14. The van der Waals surface area contributed by atoms with E-state index in [4.69, 9.17) is 10.2 Å². The molecule has 0 bridgehead atoms. The number of pyridine rings is 1. The van der Waals surface area contributed by atoms with Crippen molar-refractivity contribution in [2.24, 2.45) is 0 Å². The number of hydrogen-bond donors (Lipinski definition) is 3. The molecule has 0 aliphatic rings. The number of nitrogens with zero attached hydrogens (tertiary/aromatic N) is 1. The zero-order chi connectivity index (χ0) is 24.1. The highest BCUT2D eigenvalue weighted by atomic mass is 79.9. The summed E-state index contributed by atoms with van der Waals surface area (Å²) in [6, 6.07) is 21.8. The highest BCUT2D eigenvalue weighted by molar-refractivity contribution is 9.10. The third-order valence-electron chi connectivity index (χ3n) is 4.96. The van der Waals surface area contributed by atoms with Gasteiger partial charge >= 0.3 is 11.9 Å². The van der Waals surface area contributed by atoms with Gasteiger partial charge < -0.3 is 15.2 Å². The SMILES string of the molecule is Cc1c(C(=O)O)ccc(Br)c1C(=O)O.N#Cc1[nH]c(=O)c2ccccc2c1-c1ccccc1. The largest absolute Gasteiger partial charge is 0.478 e. The van der Waals surface area contributed by atoms with Gasteiger partial charge in [0.15, 0.2) is 0 Å². The van der Waals surface area contributed by atoms with Crippen LogP contribution >= 0.6 is 15.9 Å². The van der Waals surface area contributed by atoms with E-state index in [9.17, 15) is 19.6 Å². The maximum absolute atomic E-state index is 11.9. The van der Waals surface area contributed by atoms with E-state index in [2.05, 4.69) is 27.0 Å². The topological polar surface area (TPSA) is 131 Å². The van der Waals surface area contributed by atoms with E-state index >= 15 is 0 Å². The molecule has 7 nitrogen and oxygen atoms in total. The fraction of sp³-hybridized carbons (Fsp3) is 0.0400. The first-order valence-corrected chi connectivity index (χ1v) is 10.4. The number of nitrogens with one attached hydrogen (secondary N) is 1. The lowest BCUT2D eigenvalue weighted by Crippen LogP contribution is -2.09. The standard InChI is InChI=1S/C16H10N2O.C9H7BrO4/c17-10-14-15(11-6-2-1-3-7-11)12-8-4-5-9-13(12)16(19)18-14;1-4-5(8(11)12)2-3-6(10)7(4)9(13)14/h1-9H,(H,18,19);2-3H,1H3,(H,11,12)(H,13,14). The smallest absolute Gasteiger partial charge is 0.337 e. The Morgan fingerprint density at radius 3 is 2.09 bits per heavy atom. The van der Waals surface area contributed by atoms with Crippen LogP contribution in [0.15, 0.2) is 76.0 Å². The summed E-state index contributed by atoms with van der Waals surface area (Å²) >= 11 is 3.06. The number of H-pyrrole nitrogens is 1. The molecule has 3 N–H and O–H groups in total. The molecule has 33 heavy (non-hydrogen) atoms. The zero-order valence-electron chi connectivity index (χ0n) is 17.3. The molecule has 4 aromatic rings. The first-order valence-electron chi connectivity index (χ1n) is 9.62. The van der Waals surface area contributed by atoms with Gasteiger partial charge in [-0.05, 0) is 57.6 Å². The number of hydrogen-bond acceptors (Lipinski definition) is 4. The molecule has 0 atom stereocenters. The number of carboxylic acid groups (broad SMARTS) is 2. The molecule has 0 unspecified atom stereocenters. The van der Waals surface area contributed by atoms with Gasteiger partial charge in [0.2, 0.25) is 0 Å². The average molecular weight is 505 g/mol. The number of benzene rings is 3. The maximum atomic E-state index is 11.9. The van der Waals surface area contributed by atoms with Crippen LogP contribution in [-0.2, 0) is 0 Å². The van der Waals surface area contributed by atoms with Crippen LogP contribution in [0.2, 0.25) is 0 Å². The molecule has 0 aliphatic heterocycles. The van der Waals surface area contributed by atoms with E-state index in [1.165, 1.54) is 19.1 Å². The van der Waals surface area contributed by atoms with Gasteiger partial charge in [-0.3, -0.25) is 4.79 Å². The first kappa shape index (κ1) is 23.4. The van der Waals surface area contributed by atoms with Crippen LogP contribution in [-0.4, -0.2) is 27.1 Å². The number of carbonyl (C=O) groups is 2. The predicted molar refractivity (Wildman–Crippen MR) is 128 cm³/mol. The van der Waals surface area contributed by atoms with Crippen LogP contribution in [0.5, 0.6) is 0 Å². The van der Waals surface area contributed by atoms with Gasteiger partial charge in [0.25, 0.3) is 5.56 Å². The Morgan fingerprint density at radius 1 is 0.909 bits per heavy atom. The van der Waals surface area contributed by atoms with Gasteiger partial charge in [-0.15, -0.1) is 0 Å². The number of carboxylic acids is 2. The molecule has 1 heterocycles. The maximum Gasteiger partial charge on any atom is 0.337 e. The molecule has 0 amide bonds. The first-order chi connectivity index (χ1) is 15.8. The minimum Gasteiger partial charge on any atom is -0.478 e. The van der Waals surface area contributed by atoms with Gasteiger partial charge in [-0.1, -0.05) is 48.5 Å². The fourth-order valence-corrected chi connectivity index (χ4v) is 4.04. The fourth-order valence-electron chi connectivity index (χ4n) is 3.44. The Labute approximate surface area is 196 Å². The van der Waals surface area contributed by atoms with E-state index in [0.29, 0.717) is 15.6 Å². The van der Waals surface area contributed by atoms with E-state index in [1.807, 2.05) is 48.5 Å². The van der Waals surface area contributed by atoms with Gasteiger partial charge in [0.05, 0.1) is 11.1 Å². The van der Waals surface area contributed by atoms with Gasteiger partial charge in [0.1, 0.15) is 11.8 Å². The quantitative estimate of drug-likeness (QED) is 0.350. The van der Waals surface area contributed by atoms with Crippen molar-refractivity contribution in [2.75, 3.05) is 0 Å². The van der Waals surface area contributed by atoms with Crippen LogP contribution in [0, 0.1) is 18.3 Å². The normalized spacial score (nSPS) is 10.1. The summed E-state index contributed by atoms with van der Waals surface area (Å²) in [4.78, 5) is 36.1. The molecule has 0 radical (unpaired) electrons. The molecule has 1 aromatic heterocycles. The van der Waals surface area contributed by atoms with Gasteiger partial charge in [-0.2, -0.15) is 5.26 Å². The Morgan fingerprint density at radius 2 is 1.52 bits per heavy atom. The van der Waals surface area contributed by atoms with Crippen LogP contribution in [0.25, 0.3) is 21.9 Å². The molecule has 0 fully saturated rings. The van der Waals surface area contributed by atoms with Gasteiger partial charge in [0, 0.05) is 15.4 Å². The summed E-state index contributed by atoms with van der Waals surface area (Å²) in [6.45, 7) is 1.47. The molecular formula is C25H17BrN2O5. The Hall–Kier alpha value is -4.22. The number of rotatable bonds is 3. The summed E-state index contributed by atoms with van der Waals surface area (Å²) in [5.41, 5.74) is 2.02. The van der Waals surface area contributed by atoms with Crippen molar-refractivity contribution >= 4 is 38.6 Å². The van der Waals surface area contributed by atoms with Gasteiger partial charge in [-0.25, -0.2) is 9.59 Å². The monoisotopic (exact) mass is 504 g/mol. The summed E-state index contributed by atoms with van der Waals surface area (Å²) in [5, 5.41) is 28.2. The summed E-state index contributed by atoms with van der Waals surface area (Å²) in [5.74, 6) is -2.27. The summed E-state index contributed by atoms with van der Waals surface area (Å²) < 4.78 is 0.382. The molecule has 0 aliphatic carbocycles. The third-order valence-corrected chi connectivity index (χ3v) is 5.62. The Bertz CT molecular complexity index is 1470. The van der Waals surface area contributed by atoms with E-state index in [-0.39, 0.29) is 22.2 Å². The number of nitriles is 1. The number of halogens is 1. The molecule has 8 heteroatoms. The van der Waals surface area contributed by atoms with Crippen LogP contribution in [0.4, 0.5) is 0 Å². The van der Waals surface area contributed by atoms with Crippen LogP contribution in [0.1, 0.15) is 32.0 Å². The molecule has 0 saturated carbocycles. The second kappa shape index (κ2) is 9.94. The molecule has 0 saturated heterocycles. The molecule has 164 valence electrons. The second-order valence-corrected chi connectivity index (χ2v) is 7.79. The lowest BCUT2D eigenvalue weighted by Gasteiger charge is -2.08. The lowest BCUT2D eigenvalue weighted by atomic mass is 9.98. The third kappa shape index (κ3) is 4.84. The number of aromatic nitrogens is 1. The summed E-state index contributed by atoms with van der Waals surface area (Å²) in [7, 11) is 0. The molecule has 0 spiro atoms. The van der Waals surface area contributed by atoms with Crippen molar-refractivity contribution in [1.82, 2.24) is 4.98 Å². The zero-order valence-corrected chi connectivity index (χ0v) is 18.9. The van der Waals surface area contributed by atoms with Crippen molar-refractivity contribution in [3.05, 3.63) is 104 Å². The minimum absolute atomic E-state index is 0.00519. The lowest BCUT2D eigenvalue weighted by molar-refractivity contribution is 0.0695. The second-order valence-electron chi connectivity index (χ2n) is 6.93. The van der Waals surface area contributed by atoms with Crippen molar-refractivity contribution < 1.29 is 19.8 Å². The van der Waals surface area contributed by atoms with Crippen LogP contribution in [0.3, 0.4) is 0 Å². The Kier molecular flexibility index (Phi) is 7.06. The van der Waals surface area contributed by atoms with E-state index < -0.39 is 11.9 Å².